The molecule has 0 amide bonds. The Balaban J connectivity index is 0.000000280. The number of carbonyl (C=O) groups is 1. The van der Waals surface area contributed by atoms with Gasteiger partial charge in [0.15, 0.2) is 0 Å². The Bertz CT molecular complexity index is 477. The van der Waals surface area contributed by atoms with E-state index in [1.54, 1.807) is 6.92 Å². The molecule has 0 unspecified atom stereocenters. The van der Waals surface area contributed by atoms with Gasteiger partial charge in [-0.2, -0.15) is 0 Å². The molecule has 0 aliphatic rings. The summed E-state index contributed by atoms with van der Waals surface area (Å²) < 4.78 is 6.40. The van der Waals surface area contributed by atoms with Crippen LogP contribution in [-0.2, 0) is 16.2 Å². The molecule has 18 heavy (non-hydrogen) atoms. The van der Waals surface area contributed by atoms with Crippen molar-refractivity contribution in [2.75, 3.05) is 20.7 Å². The molecule has 0 N–H and O–H groups in total. The smallest absolute Gasteiger partial charge is 0.293 e. The molecule has 0 fully saturated rings. The van der Waals surface area contributed by atoms with Crippen LogP contribution in [0.3, 0.4) is 0 Å². The first-order chi connectivity index (χ1) is 8.69. The molecule has 1 aromatic carbocycles. The largest absolute Gasteiger partial charge is 0.468 e. The molecule has 0 saturated carbocycles. The summed E-state index contributed by atoms with van der Waals surface area (Å²) in [7, 11) is 4.16. The fourth-order valence-corrected chi connectivity index (χ4v) is 1.64. The molecule has 0 saturated heterocycles. The summed E-state index contributed by atoms with van der Waals surface area (Å²) in [6.45, 7) is 3.60. The third-order valence-corrected chi connectivity index (χ3v) is 2.35. The summed E-state index contributed by atoms with van der Waals surface area (Å²) in [5, 5.41) is 1.31. The first-order valence-corrected chi connectivity index (χ1v) is 5.93. The third-order valence-electron chi connectivity index (χ3n) is 2.35. The summed E-state index contributed by atoms with van der Waals surface area (Å²) in [6, 6.07) is 10.6. The van der Waals surface area contributed by atoms with Crippen molar-refractivity contribution >= 4 is 17.4 Å². The van der Waals surface area contributed by atoms with Crippen molar-refractivity contribution < 1.29 is 9.53 Å². The average molecular weight is 248 g/mol. The van der Waals surface area contributed by atoms with Gasteiger partial charge in [-0.25, -0.2) is 0 Å². The molecule has 2 rings (SSSR count). The van der Waals surface area contributed by atoms with Crippen LogP contribution in [0.25, 0.3) is 10.9 Å². The van der Waals surface area contributed by atoms with Crippen LogP contribution in [0.1, 0.15) is 6.92 Å². The average Bonchev–Trinajstić information content (AvgIpc) is 2.74. The van der Waals surface area contributed by atoms with E-state index >= 15 is 0 Å². The predicted octanol–water partition coefficient (Wildman–Crippen LogP) is 2.34. The molecule has 0 atom stereocenters. The number of ether oxygens (including phenoxy) is 1. The molecule has 2 aromatic rings. The highest BCUT2D eigenvalue weighted by molar-refractivity contribution is 5.79. The molecule has 0 aliphatic carbocycles. The normalized spacial score (nSPS) is 10.0. The van der Waals surface area contributed by atoms with Gasteiger partial charge in [-0.3, -0.25) is 9.69 Å². The number of hydrogen-bond donors (Lipinski definition) is 0. The first kappa shape index (κ1) is 14.3. The van der Waals surface area contributed by atoms with Crippen molar-refractivity contribution in [3.05, 3.63) is 36.5 Å². The van der Waals surface area contributed by atoms with E-state index in [4.69, 9.17) is 0 Å². The van der Waals surface area contributed by atoms with Gasteiger partial charge in [-0.15, -0.1) is 0 Å². The molecule has 4 nitrogen and oxygen atoms in total. The van der Waals surface area contributed by atoms with Gasteiger partial charge in [0, 0.05) is 11.7 Å². The fourth-order valence-electron chi connectivity index (χ4n) is 1.64. The number of aromatic nitrogens is 1. The van der Waals surface area contributed by atoms with E-state index in [0.29, 0.717) is 13.1 Å². The SMILES string of the molecule is CCOC=O.CN(C)Cn1ccc2ccccc21. The molecule has 0 bridgehead atoms. The predicted molar refractivity (Wildman–Crippen MR) is 73.3 cm³/mol. The molecular formula is C14H20N2O2. The number of benzene rings is 1. The Hall–Kier alpha value is -1.81. The highest BCUT2D eigenvalue weighted by Crippen LogP contribution is 2.14. The second-order valence-electron chi connectivity index (χ2n) is 4.12. The van der Waals surface area contributed by atoms with Crippen LogP contribution < -0.4 is 0 Å². The van der Waals surface area contributed by atoms with E-state index in [1.807, 2.05) is 0 Å². The first-order valence-electron chi connectivity index (χ1n) is 5.93. The number of nitrogens with zero attached hydrogens (tertiary/aromatic N) is 2. The number of carbonyl (C=O) groups excluding carboxylic acids is 1. The van der Waals surface area contributed by atoms with Gasteiger partial charge in [0.25, 0.3) is 6.47 Å². The third kappa shape index (κ3) is 4.22. The fraction of sp³-hybridized carbons (Fsp3) is 0.357. The second-order valence-corrected chi connectivity index (χ2v) is 4.12. The van der Waals surface area contributed by atoms with Gasteiger partial charge in [0.05, 0.1) is 13.3 Å². The van der Waals surface area contributed by atoms with E-state index < -0.39 is 0 Å². The van der Waals surface area contributed by atoms with Crippen LogP contribution in [-0.4, -0.2) is 36.6 Å². The van der Waals surface area contributed by atoms with Crippen LogP contribution in [0.5, 0.6) is 0 Å². The van der Waals surface area contributed by atoms with Gasteiger partial charge in [0.2, 0.25) is 0 Å². The molecule has 98 valence electrons. The molecule has 4 heteroatoms. The van der Waals surface area contributed by atoms with E-state index in [-0.39, 0.29) is 0 Å². The van der Waals surface area contributed by atoms with Crippen LogP contribution >= 0.6 is 0 Å². The topological polar surface area (TPSA) is 34.5 Å². The zero-order chi connectivity index (χ0) is 13.4. The van der Waals surface area contributed by atoms with Crippen molar-refractivity contribution in [1.29, 1.82) is 0 Å². The number of hydrogen-bond acceptors (Lipinski definition) is 3. The Morgan fingerprint density at radius 1 is 1.28 bits per heavy atom. The van der Waals surface area contributed by atoms with Crippen molar-refractivity contribution in [2.45, 2.75) is 13.6 Å². The van der Waals surface area contributed by atoms with Gasteiger partial charge >= 0.3 is 0 Å². The lowest BCUT2D eigenvalue weighted by Gasteiger charge is -2.11. The molecule has 1 heterocycles. The Kier molecular flexibility index (Phi) is 5.94. The van der Waals surface area contributed by atoms with Crippen LogP contribution in [0.2, 0.25) is 0 Å². The Labute approximate surface area is 108 Å². The zero-order valence-corrected chi connectivity index (χ0v) is 11.2. The van der Waals surface area contributed by atoms with E-state index in [9.17, 15) is 4.79 Å². The summed E-state index contributed by atoms with van der Waals surface area (Å²) in [6.07, 6.45) is 2.13. The van der Waals surface area contributed by atoms with Crippen LogP contribution in [0.4, 0.5) is 0 Å². The van der Waals surface area contributed by atoms with Crippen molar-refractivity contribution in [1.82, 2.24) is 9.47 Å². The van der Waals surface area contributed by atoms with Crippen LogP contribution in [0.15, 0.2) is 36.5 Å². The standard InChI is InChI=1S/C11H14N2.C3H6O2/c1-12(2)9-13-8-7-10-5-3-4-6-11(10)13;1-2-5-3-4/h3-8H,9H2,1-2H3;3H,2H2,1H3. The van der Waals surface area contributed by atoms with Crippen molar-refractivity contribution in [3.63, 3.8) is 0 Å². The summed E-state index contributed by atoms with van der Waals surface area (Å²) in [5.74, 6) is 0. The van der Waals surface area contributed by atoms with E-state index in [0.717, 1.165) is 6.67 Å². The monoisotopic (exact) mass is 248 g/mol. The number of rotatable bonds is 4. The molecule has 0 aliphatic heterocycles. The van der Waals surface area contributed by atoms with E-state index in [1.165, 1.54) is 10.9 Å². The maximum atomic E-state index is 9.18. The summed E-state index contributed by atoms with van der Waals surface area (Å²) >= 11 is 0. The molecule has 0 spiro atoms. The highest BCUT2D eigenvalue weighted by Gasteiger charge is 1.99. The van der Waals surface area contributed by atoms with Gasteiger partial charge in [-0.05, 0) is 38.5 Å². The minimum absolute atomic E-state index is 0.431. The van der Waals surface area contributed by atoms with Crippen LogP contribution in [0, 0.1) is 0 Å². The minimum atomic E-state index is 0.431. The second kappa shape index (κ2) is 7.50. The summed E-state index contributed by atoms with van der Waals surface area (Å²) in [4.78, 5) is 11.3. The molecule has 0 radical (unpaired) electrons. The van der Waals surface area contributed by atoms with Crippen molar-refractivity contribution in [3.8, 4) is 0 Å². The lowest BCUT2D eigenvalue weighted by Crippen LogP contribution is -2.15. The number of fused-ring (bicyclic) bond motifs is 1. The Morgan fingerprint density at radius 3 is 2.56 bits per heavy atom. The lowest BCUT2D eigenvalue weighted by atomic mass is 10.2. The molecule has 1 aromatic heterocycles. The van der Waals surface area contributed by atoms with E-state index in [2.05, 4.69) is 64.8 Å². The van der Waals surface area contributed by atoms with Gasteiger partial charge < -0.3 is 9.30 Å². The quantitative estimate of drug-likeness (QED) is 0.779. The number of para-hydroxylation sites is 1. The van der Waals surface area contributed by atoms with Gasteiger partial charge in [-0.1, -0.05) is 18.2 Å². The zero-order valence-electron chi connectivity index (χ0n) is 11.2. The highest BCUT2D eigenvalue weighted by atomic mass is 16.5. The lowest BCUT2D eigenvalue weighted by molar-refractivity contribution is -0.128. The maximum Gasteiger partial charge on any atom is 0.293 e. The van der Waals surface area contributed by atoms with Crippen molar-refractivity contribution in [2.24, 2.45) is 0 Å². The summed E-state index contributed by atoms with van der Waals surface area (Å²) in [5.41, 5.74) is 1.30. The minimum Gasteiger partial charge on any atom is -0.468 e. The molecular weight excluding hydrogens is 228 g/mol. The van der Waals surface area contributed by atoms with Gasteiger partial charge in [0.1, 0.15) is 0 Å². The maximum absolute atomic E-state index is 9.18. The Morgan fingerprint density at radius 2 is 2.00 bits per heavy atom.